The minimum absolute atomic E-state index is 0.304. The lowest BCUT2D eigenvalue weighted by Crippen LogP contribution is -2.23. The van der Waals surface area contributed by atoms with E-state index in [0.29, 0.717) is 6.04 Å². The zero-order valence-corrected chi connectivity index (χ0v) is 10.4. The summed E-state index contributed by atoms with van der Waals surface area (Å²) in [4.78, 5) is 0. The van der Waals surface area contributed by atoms with Crippen molar-refractivity contribution in [3.8, 4) is 0 Å². The van der Waals surface area contributed by atoms with Crippen LogP contribution < -0.4 is 5.32 Å². The molecule has 2 aromatic rings. The van der Waals surface area contributed by atoms with Crippen molar-refractivity contribution in [2.24, 2.45) is 7.05 Å². The number of aryl methyl sites for hydroxylation is 1. The molecule has 1 N–H and O–H groups in total. The van der Waals surface area contributed by atoms with E-state index in [0.717, 1.165) is 19.4 Å². The third-order valence-electron chi connectivity index (χ3n) is 2.78. The van der Waals surface area contributed by atoms with E-state index in [1.165, 1.54) is 11.1 Å². The third-order valence-corrected chi connectivity index (χ3v) is 2.78. The van der Waals surface area contributed by atoms with Crippen LogP contribution in [0, 0.1) is 0 Å². The van der Waals surface area contributed by atoms with E-state index in [1.54, 1.807) is 6.26 Å². The Morgan fingerprint density at radius 2 is 2.41 bits per heavy atom. The van der Waals surface area contributed by atoms with Gasteiger partial charge in [-0.15, -0.1) is 0 Å². The van der Waals surface area contributed by atoms with E-state index in [1.807, 2.05) is 30.3 Å². The lowest BCUT2D eigenvalue weighted by molar-refractivity contribution is 0.512. The molecular weight excluding hydrogens is 214 g/mol. The smallest absolute Gasteiger partial charge is 0.0950 e. The van der Waals surface area contributed by atoms with Crippen molar-refractivity contribution in [3.05, 3.63) is 42.1 Å². The quantitative estimate of drug-likeness (QED) is 0.832. The average molecular weight is 233 g/mol. The van der Waals surface area contributed by atoms with Crippen LogP contribution in [0.1, 0.15) is 30.5 Å². The number of hydrogen-bond donors (Lipinski definition) is 1. The fourth-order valence-corrected chi connectivity index (χ4v) is 1.91. The molecule has 1 atom stereocenters. The molecule has 0 bridgehead atoms. The predicted octanol–water partition coefficient (Wildman–Crippen LogP) is 2.30. The highest BCUT2D eigenvalue weighted by Gasteiger charge is 2.13. The first-order chi connectivity index (χ1) is 8.29. The number of furan rings is 1. The molecule has 1 unspecified atom stereocenters. The molecule has 0 aliphatic rings. The second kappa shape index (κ2) is 5.68. The topological polar surface area (TPSA) is 43.0 Å². The van der Waals surface area contributed by atoms with Crippen molar-refractivity contribution in [3.63, 3.8) is 0 Å². The van der Waals surface area contributed by atoms with Crippen molar-refractivity contribution >= 4 is 0 Å². The van der Waals surface area contributed by atoms with E-state index in [9.17, 15) is 0 Å². The Kier molecular flexibility index (Phi) is 3.98. The first-order valence-electron chi connectivity index (χ1n) is 6.02. The minimum atomic E-state index is 0.304. The van der Waals surface area contributed by atoms with E-state index in [4.69, 9.17) is 4.42 Å². The first-order valence-corrected chi connectivity index (χ1v) is 6.02. The fraction of sp³-hybridized carbons (Fsp3) is 0.462. The molecule has 0 amide bonds. The van der Waals surface area contributed by atoms with Crippen LogP contribution in [0.15, 0.2) is 35.4 Å². The Labute approximate surface area is 102 Å². The summed E-state index contributed by atoms with van der Waals surface area (Å²) >= 11 is 0. The lowest BCUT2D eigenvalue weighted by Gasteiger charge is -2.15. The van der Waals surface area contributed by atoms with Crippen LogP contribution in [-0.4, -0.2) is 16.3 Å². The van der Waals surface area contributed by atoms with Gasteiger partial charge in [0.1, 0.15) is 0 Å². The van der Waals surface area contributed by atoms with Crippen LogP contribution in [0.4, 0.5) is 0 Å². The summed E-state index contributed by atoms with van der Waals surface area (Å²) < 4.78 is 6.99. The van der Waals surface area contributed by atoms with Crippen LogP contribution in [0.3, 0.4) is 0 Å². The Morgan fingerprint density at radius 3 is 3.00 bits per heavy atom. The van der Waals surface area contributed by atoms with Gasteiger partial charge in [-0.3, -0.25) is 4.68 Å². The van der Waals surface area contributed by atoms with Gasteiger partial charge in [-0.1, -0.05) is 6.92 Å². The van der Waals surface area contributed by atoms with Crippen molar-refractivity contribution in [1.29, 1.82) is 0 Å². The van der Waals surface area contributed by atoms with Crippen LogP contribution in [-0.2, 0) is 13.5 Å². The lowest BCUT2D eigenvalue weighted by atomic mass is 10.0. The number of nitrogens with one attached hydrogen (secondary N) is 1. The van der Waals surface area contributed by atoms with E-state index >= 15 is 0 Å². The highest BCUT2D eigenvalue weighted by molar-refractivity contribution is 5.16. The molecule has 0 aliphatic heterocycles. The number of aromatic nitrogens is 2. The molecule has 92 valence electrons. The van der Waals surface area contributed by atoms with Crippen molar-refractivity contribution in [1.82, 2.24) is 15.1 Å². The van der Waals surface area contributed by atoms with Crippen molar-refractivity contribution in [2.45, 2.75) is 25.8 Å². The van der Waals surface area contributed by atoms with Crippen LogP contribution in [0.2, 0.25) is 0 Å². The van der Waals surface area contributed by atoms with Gasteiger partial charge in [-0.2, -0.15) is 5.10 Å². The van der Waals surface area contributed by atoms with Gasteiger partial charge >= 0.3 is 0 Å². The molecule has 2 aromatic heterocycles. The van der Waals surface area contributed by atoms with Gasteiger partial charge in [-0.05, 0) is 31.0 Å². The molecule has 0 radical (unpaired) electrons. The molecular formula is C13H19N3O. The number of hydrogen-bond acceptors (Lipinski definition) is 3. The minimum Gasteiger partial charge on any atom is -0.472 e. The van der Waals surface area contributed by atoms with E-state index < -0.39 is 0 Å². The van der Waals surface area contributed by atoms with Gasteiger partial charge in [0, 0.05) is 24.8 Å². The summed E-state index contributed by atoms with van der Waals surface area (Å²) in [6, 6.07) is 2.32. The van der Waals surface area contributed by atoms with Gasteiger partial charge in [0.2, 0.25) is 0 Å². The first kappa shape index (κ1) is 11.9. The molecule has 2 heterocycles. The highest BCUT2D eigenvalue weighted by Crippen LogP contribution is 2.18. The zero-order valence-electron chi connectivity index (χ0n) is 10.4. The summed E-state index contributed by atoms with van der Waals surface area (Å²) in [6.45, 7) is 3.18. The molecule has 0 aromatic carbocycles. The van der Waals surface area contributed by atoms with Crippen LogP contribution >= 0.6 is 0 Å². The Balaban J connectivity index is 2.05. The maximum absolute atomic E-state index is 5.16. The molecule has 0 aliphatic carbocycles. The Morgan fingerprint density at radius 1 is 1.53 bits per heavy atom. The SMILES string of the molecule is CCCNC(Cc1cnn(C)c1)c1ccoc1. The predicted molar refractivity (Wildman–Crippen MR) is 66.7 cm³/mol. The van der Waals surface area contributed by atoms with Gasteiger partial charge in [0.05, 0.1) is 18.7 Å². The van der Waals surface area contributed by atoms with Gasteiger partial charge in [0.15, 0.2) is 0 Å². The second-order valence-corrected chi connectivity index (χ2v) is 4.29. The highest BCUT2D eigenvalue weighted by atomic mass is 16.3. The summed E-state index contributed by atoms with van der Waals surface area (Å²) in [6.07, 6.45) is 9.57. The molecule has 0 saturated heterocycles. The molecule has 4 heteroatoms. The molecule has 4 nitrogen and oxygen atoms in total. The van der Waals surface area contributed by atoms with E-state index in [-0.39, 0.29) is 0 Å². The standard InChI is InChI=1S/C13H19N3O/c1-3-5-14-13(12-4-6-17-10-12)7-11-8-15-16(2)9-11/h4,6,8-10,13-14H,3,5,7H2,1-2H3. The molecule has 0 fully saturated rings. The van der Waals surface area contributed by atoms with Crippen molar-refractivity contribution in [2.75, 3.05) is 6.54 Å². The normalized spacial score (nSPS) is 12.8. The summed E-state index contributed by atoms with van der Waals surface area (Å²) in [5.74, 6) is 0. The monoisotopic (exact) mass is 233 g/mol. The maximum Gasteiger partial charge on any atom is 0.0950 e. The summed E-state index contributed by atoms with van der Waals surface area (Å²) in [5.41, 5.74) is 2.43. The number of rotatable bonds is 6. The third kappa shape index (κ3) is 3.20. The Hall–Kier alpha value is -1.55. The van der Waals surface area contributed by atoms with E-state index in [2.05, 4.69) is 23.5 Å². The Bertz CT molecular complexity index is 433. The molecule has 0 spiro atoms. The van der Waals surface area contributed by atoms with Gasteiger partial charge < -0.3 is 9.73 Å². The van der Waals surface area contributed by atoms with Crippen molar-refractivity contribution < 1.29 is 4.42 Å². The largest absolute Gasteiger partial charge is 0.472 e. The van der Waals surface area contributed by atoms with Crippen LogP contribution in [0.25, 0.3) is 0 Å². The average Bonchev–Trinajstić information content (AvgIpc) is 2.95. The molecule has 17 heavy (non-hydrogen) atoms. The summed E-state index contributed by atoms with van der Waals surface area (Å²) in [7, 11) is 1.94. The van der Waals surface area contributed by atoms with Crippen LogP contribution in [0.5, 0.6) is 0 Å². The molecule has 2 rings (SSSR count). The zero-order chi connectivity index (χ0) is 12.1. The molecule has 0 saturated carbocycles. The summed E-state index contributed by atoms with van der Waals surface area (Å²) in [5, 5.41) is 7.73. The van der Waals surface area contributed by atoms with Gasteiger partial charge in [0.25, 0.3) is 0 Å². The van der Waals surface area contributed by atoms with Gasteiger partial charge in [-0.25, -0.2) is 0 Å². The fourth-order valence-electron chi connectivity index (χ4n) is 1.91. The second-order valence-electron chi connectivity index (χ2n) is 4.29. The number of nitrogens with zero attached hydrogens (tertiary/aromatic N) is 2. The maximum atomic E-state index is 5.16.